The first-order valence-electron chi connectivity index (χ1n) is 6.88. The number of hydrogen-bond acceptors (Lipinski definition) is 3. The number of carbonyl (C=O) groups is 1. The fourth-order valence-electron chi connectivity index (χ4n) is 2.38. The van der Waals surface area contributed by atoms with Crippen LogP contribution in [0, 0.1) is 6.92 Å². The number of aryl methyl sites for hydroxylation is 1. The molecule has 0 radical (unpaired) electrons. The molecule has 0 aromatic heterocycles. The highest BCUT2D eigenvalue weighted by Crippen LogP contribution is 2.23. The van der Waals surface area contributed by atoms with Crippen molar-refractivity contribution < 1.29 is 13.2 Å². The van der Waals surface area contributed by atoms with E-state index in [2.05, 4.69) is 20.7 Å². The number of carbonyl (C=O) groups excluding carboxylic acids is 1. The van der Waals surface area contributed by atoms with E-state index in [4.69, 9.17) is 0 Å². The number of likely N-dealkylation sites (tertiary alicyclic amines) is 1. The highest BCUT2D eigenvalue weighted by Gasteiger charge is 2.28. The fraction of sp³-hybridized carbons (Fsp3) is 0.500. The molecule has 1 fully saturated rings. The normalized spacial score (nSPS) is 17.0. The van der Waals surface area contributed by atoms with Gasteiger partial charge in [-0.3, -0.25) is 4.79 Å². The summed E-state index contributed by atoms with van der Waals surface area (Å²) in [6.45, 7) is 4.88. The predicted molar refractivity (Wildman–Crippen MR) is 84.5 cm³/mol. The highest BCUT2D eigenvalue weighted by molar-refractivity contribution is 9.10. The van der Waals surface area contributed by atoms with Crippen molar-refractivity contribution in [3.8, 4) is 0 Å². The molecule has 21 heavy (non-hydrogen) atoms. The molecule has 1 heterocycles. The Kier molecular flexibility index (Phi) is 5.06. The molecular formula is C14H19BrN2O3S. The van der Waals surface area contributed by atoms with Crippen molar-refractivity contribution in [3.63, 3.8) is 0 Å². The number of hydrogen-bond donors (Lipinski definition) is 1. The molecule has 116 valence electrons. The van der Waals surface area contributed by atoms with Crippen molar-refractivity contribution in [1.29, 1.82) is 0 Å². The van der Waals surface area contributed by atoms with Crippen LogP contribution in [0.25, 0.3) is 0 Å². The van der Waals surface area contributed by atoms with Crippen molar-refractivity contribution in [2.24, 2.45) is 0 Å². The Labute approximate surface area is 133 Å². The number of amides is 1. The van der Waals surface area contributed by atoms with Crippen LogP contribution in [0.5, 0.6) is 0 Å². The van der Waals surface area contributed by atoms with Crippen LogP contribution in [0.15, 0.2) is 27.6 Å². The molecule has 5 nitrogen and oxygen atoms in total. The van der Waals surface area contributed by atoms with Gasteiger partial charge in [0, 0.05) is 17.6 Å². The molecule has 1 aromatic rings. The minimum absolute atomic E-state index is 0.147. The van der Waals surface area contributed by atoms with Gasteiger partial charge in [0.2, 0.25) is 15.9 Å². The van der Waals surface area contributed by atoms with Crippen LogP contribution < -0.4 is 4.72 Å². The standard InChI is InChI=1S/C14H19BrN2O3S/c1-10-5-6-13(12(15)9-10)21(19,20)16-11(2)14(18)17-7-3-4-8-17/h5-6,9,11,16H,3-4,7-8H2,1-2H3. The monoisotopic (exact) mass is 374 g/mol. The molecule has 2 rings (SSSR count). The van der Waals surface area contributed by atoms with Crippen molar-refractivity contribution in [2.75, 3.05) is 13.1 Å². The van der Waals surface area contributed by atoms with Gasteiger partial charge in [0.1, 0.15) is 0 Å². The van der Waals surface area contributed by atoms with Crippen LogP contribution in [0.3, 0.4) is 0 Å². The largest absolute Gasteiger partial charge is 0.341 e. The van der Waals surface area contributed by atoms with Crippen molar-refractivity contribution >= 4 is 31.9 Å². The summed E-state index contributed by atoms with van der Waals surface area (Å²) in [6.07, 6.45) is 1.96. The summed E-state index contributed by atoms with van der Waals surface area (Å²) < 4.78 is 27.7. The minimum atomic E-state index is -3.73. The third-order valence-electron chi connectivity index (χ3n) is 3.50. The second-order valence-electron chi connectivity index (χ2n) is 5.31. The first-order valence-corrected chi connectivity index (χ1v) is 9.16. The molecule has 7 heteroatoms. The van der Waals surface area contributed by atoms with Crippen LogP contribution in [-0.2, 0) is 14.8 Å². The van der Waals surface area contributed by atoms with Gasteiger partial charge in [0.25, 0.3) is 0 Å². The molecule has 0 spiro atoms. The Morgan fingerprint density at radius 3 is 2.52 bits per heavy atom. The molecule has 1 saturated heterocycles. The molecular weight excluding hydrogens is 356 g/mol. The summed E-state index contributed by atoms with van der Waals surface area (Å²) in [4.78, 5) is 14.0. The van der Waals surface area contributed by atoms with Crippen LogP contribution >= 0.6 is 15.9 Å². The number of benzene rings is 1. The zero-order valence-electron chi connectivity index (χ0n) is 12.1. The molecule has 1 atom stereocenters. The number of rotatable bonds is 4. The van der Waals surface area contributed by atoms with Crippen molar-refractivity contribution in [2.45, 2.75) is 37.6 Å². The van der Waals surface area contributed by atoms with Crippen LogP contribution in [0.1, 0.15) is 25.3 Å². The molecule has 0 saturated carbocycles. The summed E-state index contributed by atoms with van der Waals surface area (Å²) in [6, 6.07) is 4.24. The molecule has 0 bridgehead atoms. The van der Waals surface area contributed by atoms with Gasteiger partial charge in [0.15, 0.2) is 0 Å². The molecule has 1 N–H and O–H groups in total. The van der Waals surface area contributed by atoms with Crippen LogP contribution in [-0.4, -0.2) is 38.4 Å². The smallest absolute Gasteiger partial charge is 0.242 e. The van der Waals surface area contributed by atoms with Gasteiger partial charge in [-0.2, -0.15) is 4.72 Å². The second kappa shape index (κ2) is 6.46. The first-order chi connectivity index (χ1) is 9.81. The van der Waals surface area contributed by atoms with Gasteiger partial charge in [-0.15, -0.1) is 0 Å². The summed E-state index contributed by atoms with van der Waals surface area (Å²) in [5.74, 6) is -0.167. The minimum Gasteiger partial charge on any atom is -0.341 e. The molecule has 1 aliphatic rings. The lowest BCUT2D eigenvalue weighted by atomic mass is 10.2. The van der Waals surface area contributed by atoms with E-state index in [0.29, 0.717) is 17.6 Å². The van der Waals surface area contributed by atoms with Gasteiger partial charge >= 0.3 is 0 Å². The lowest BCUT2D eigenvalue weighted by molar-refractivity contribution is -0.131. The number of halogens is 1. The van der Waals surface area contributed by atoms with Gasteiger partial charge < -0.3 is 4.90 Å². The van der Waals surface area contributed by atoms with E-state index >= 15 is 0 Å². The van der Waals surface area contributed by atoms with E-state index in [1.807, 2.05) is 6.92 Å². The van der Waals surface area contributed by atoms with Gasteiger partial charge in [-0.1, -0.05) is 6.07 Å². The lowest BCUT2D eigenvalue weighted by Gasteiger charge is -2.21. The van der Waals surface area contributed by atoms with E-state index < -0.39 is 16.1 Å². The first kappa shape index (κ1) is 16.5. The van der Waals surface area contributed by atoms with E-state index in [-0.39, 0.29) is 10.8 Å². The Bertz CT molecular complexity index is 640. The summed E-state index contributed by atoms with van der Waals surface area (Å²) in [7, 11) is -3.73. The average Bonchev–Trinajstić information content (AvgIpc) is 2.90. The fourth-order valence-corrected chi connectivity index (χ4v) is 4.77. The van der Waals surface area contributed by atoms with Crippen molar-refractivity contribution in [1.82, 2.24) is 9.62 Å². The number of nitrogens with zero attached hydrogens (tertiary/aromatic N) is 1. The second-order valence-corrected chi connectivity index (χ2v) is 7.85. The van der Waals surface area contributed by atoms with Gasteiger partial charge in [-0.25, -0.2) is 8.42 Å². The maximum atomic E-state index is 12.4. The molecule has 1 aromatic carbocycles. The quantitative estimate of drug-likeness (QED) is 0.876. The summed E-state index contributed by atoms with van der Waals surface area (Å²) in [5.41, 5.74) is 0.960. The van der Waals surface area contributed by atoms with E-state index in [0.717, 1.165) is 18.4 Å². The molecule has 1 amide bonds. The highest BCUT2D eigenvalue weighted by atomic mass is 79.9. The van der Waals surface area contributed by atoms with E-state index in [9.17, 15) is 13.2 Å². The third-order valence-corrected chi connectivity index (χ3v) is 6.01. The average molecular weight is 375 g/mol. The third kappa shape index (κ3) is 3.84. The Balaban J connectivity index is 2.14. The maximum Gasteiger partial charge on any atom is 0.242 e. The summed E-state index contributed by atoms with van der Waals surface area (Å²) >= 11 is 3.26. The van der Waals surface area contributed by atoms with E-state index in [1.165, 1.54) is 6.07 Å². The topological polar surface area (TPSA) is 66.5 Å². The Morgan fingerprint density at radius 2 is 1.95 bits per heavy atom. The number of sulfonamides is 1. The van der Waals surface area contributed by atoms with Crippen LogP contribution in [0.2, 0.25) is 0 Å². The molecule has 0 aliphatic carbocycles. The maximum absolute atomic E-state index is 12.4. The van der Waals surface area contributed by atoms with Crippen molar-refractivity contribution in [3.05, 3.63) is 28.2 Å². The lowest BCUT2D eigenvalue weighted by Crippen LogP contribution is -2.45. The predicted octanol–water partition coefficient (Wildman–Crippen LogP) is 2.05. The van der Waals surface area contributed by atoms with E-state index in [1.54, 1.807) is 24.0 Å². The summed E-state index contributed by atoms with van der Waals surface area (Å²) in [5, 5.41) is 0. The van der Waals surface area contributed by atoms with Crippen LogP contribution in [0.4, 0.5) is 0 Å². The Morgan fingerprint density at radius 1 is 1.33 bits per heavy atom. The number of nitrogens with one attached hydrogen (secondary N) is 1. The molecule has 1 aliphatic heterocycles. The SMILES string of the molecule is Cc1ccc(S(=O)(=O)NC(C)C(=O)N2CCCC2)c(Br)c1. The zero-order valence-corrected chi connectivity index (χ0v) is 14.5. The molecule has 1 unspecified atom stereocenters. The Hall–Kier alpha value is -0.920. The van der Waals surface area contributed by atoms with Gasteiger partial charge in [-0.05, 0) is 60.3 Å². The van der Waals surface area contributed by atoms with Gasteiger partial charge in [0.05, 0.1) is 10.9 Å². The zero-order chi connectivity index (χ0) is 15.6.